The second-order valence-corrected chi connectivity index (χ2v) is 4.66. The Morgan fingerprint density at radius 2 is 2.20 bits per heavy atom. The van der Waals surface area contributed by atoms with Crippen molar-refractivity contribution in [3.8, 4) is 11.5 Å². The molecule has 0 fully saturated rings. The summed E-state index contributed by atoms with van der Waals surface area (Å²) in [5.74, 6) is 1.45. The van der Waals surface area contributed by atoms with E-state index in [1.54, 1.807) is 12.4 Å². The molecular formula is C15H15N3O2. The number of carbonyl (C=O) groups excluding carboxylic acids is 1. The molecule has 1 aromatic heterocycles. The number of aromatic nitrogens is 1. The van der Waals surface area contributed by atoms with Crippen LogP contribution >= 0.6 is 0 Å². The predicted octanol–water partition coefficient (Wildman–Crippen LogP) is 2.22. The maximum Gasteiger partial charge on any atom is 0.224 e. The molecule has 1 amide bonds. The van der Waals surface area contributed by atoms with Crippen molar-refractivity contribution in [3.05, 3.63) is 47.8 Å². The molecule has 0 bridgehead atoms. The number of fused-ring (bicyclic) bond motifs is 1. The number of benzene rings is 1. The molecule has 0 unspecified atom stereocenters. The smallest absolute Gasteiger partial charge is 0.224 e. The van der Waals surface area contributed by atoms with E-state index in [0.29, 0.717) is 18.7 Å². The van der Waals surface area contributed by atoms with E-state index >= 15 is 0 Å². The van der Waals surface area contributed by atoms with E-state index in [2.05, 4.69) is 10.3 Å². The topological polar surface area (TPSA) is 77.2 Å². The Morgan fingerprint density at radius 3 is 3.05 bits per heavy atom. The van der Waals surface area contributed by atoms with E-state index in [4.69, 9.17) is 10.5 Å². The van der Waals surface area contributed by atoms with Gasteiger partial charge in [-0.1, -0.05) is 0 Å². The second kappa shape index (κ2) is 5.30. The van der Waals surface area contributed by atoms with E-state index in [9.17, 15) is 4.79 Å². The van der Waals surface area contributed by atoms with Gasteiger partial charge >= 0.3 is 0 Å². The Bertz CT molecular complexity index is 655. The third-order valence-electron chi connectivity index (χ3n) is 3.29. The van der Waals surface area contributed by atoms with Crippen LogP contribution in [0.3, 0.4) is 0 Å². The summed E-state index contributed by atoms with van der Waals surface area (Å²) < 4.78 is 5.84. The largest absolute Gasteiger partial charge is 0.455 e. The van der Waals surface area contributed by atoms with E-state index in [1.807, 2.05) is 24.3 Å². The maximum absolute atomic E-state index is 11.3. The first-order chi connectivity index (χ1) is 9.76. The molecule has 102 valence electrons. The number of nitrogens with two attached hydrogens (primary N) is 1. The molecule has 0 spiro atoms. The van der Waals surface area contributed by atoms with Gasteiger partial charge in [0.05, 0.1) is 6.20 Å². The number of aryl methyl sites for hydroxylation is 1. The molecule has 20 heavy (non-hydrogen) atoms. The van der Waals surface area contributed by atoms with Crippen LogP contribution in [0.5, 0.6) is 11.5 Å². The van der Waals surface area contributed by atoms with Crippen molar-refractivity contribution in [2.24, 2.45) is 5.73 Å². The lowest BCUT2D eigenvalue weighted by Gasteiger charge is -2.18. The number of nitrogens with zero attached hydrogens (tertiary/aromatic N) is 1. The monoisotopic (exact) mass is 269 g/mol. The van der Waals surface area contributed by atoms with Gasteiger partial charge in [0.25, 0.3) is 0 Å². The summed E-state index contributed by atoms with van der Waals surface area (Å²) in [7, 11) is 0. The first kappa shape index (κ1) is 12.6. The lowest BCUT2D eigenvalue weighted by molar-refractivity contribution is -0.116. The van der Waals surface area contributed by atoms with E-state index < -0.39 is 0 Å². The fraction of sp³-hybridized carbons (Fsp3) is 0.200. The summed E-state index contributed by atoms with van der Waals surface area (Å²) in [4.78, 5) is 15.4. The maximum atomic E-state index is 11.3. The number of hydrogen-bond acceptors (Lipinski definition) is 4. The molecule has 3 rings (SSSR count). The van der Waals surface area contributed by atoms with Gasteiger partial charge in [0.1, 0.15) is 11.5 Å². The number of anilines is 1. The number of hydrogen-bond donors (Lipinski definition) is 2. The van der Waals surface area contributed by atoms with Gasteiger partial charge < -0.3 is 15.8 Å². The molecule has 0 radical (unpaired) electrons. The number of amides is 1. The van der Waals surface area contributed by atoms with Crippen LogP contribution in [-0.4, -0.2) is 10.9 Å². The fourth-order valence-corrected chi connectivity index (χ4v) is 2.22. The van der Waals surface area contributed by atoms with Crippen molar-refractivity contribution in [2.75, 3.05) is 5.32 Å². The minimum Gasteiger partial charge on any atom is -0.455 e. The van der Waals surface area contributed by atoms with Crippen molar-refractivity contribution in [3.63, 3.8) is 0 Å². The van der Waals surface area contributed by atoms with E-state index in [-0.39, 0.29) is 5.91 Å². The standard InChI is InChI=1S/C15H15N3O2/c16-8-11-5-6-17-9-14(11)20-12-2-3-13-10(7-12)1-4-15(19)18-13/h2-3,5-7,9H,1,4,8,16H2,(H,18,19). The van der Waals surface area contributed by atoms with E-state index in [1.165, 1.54) is 0 Å². The van der Waals surface area contributed by atoms with Crippen LogP contribution in [0.15, 0.2) is 36.7 Å². The first-order valence-corrected chi connectivity index (χ1v) is 6.50. The highest BCUT2D eigenvalue weighted by Gasteiger charge is 2.15. The van der Waals surface area contributed by atoms with Crippen molar-refractivity contribution in [1.29, 1.82) is 0 Å². The minimum absolute atomic E-state index is 0.0591. The van der Waals surface area contributed by atoms with Crippen LogP contribution < -0.4 is 15.8 Å². The van der Waals surface area contributed by atoms with Crippen LogP contribution in [0.1, 0.15) is 17.5 Å². The van der Waals surface area contributed by atoms with Crippen molar-refractivity contribution < 1.29 is 9.53 Å². The highest BCUT2D eigenvalue weighted by atomic mass is 16.5. The molecule has 5 heteroatoms. The summed E-state index contributed by atoms with van der Waals surface area (Å²) in [5.41, 5.74) is 8.53. The van der Waals surface area contributed by atoms with Gasteiger partial charge in [-0.25, -0.2) is 0 Å². The Hall–Kier alpha value is -2.40. The molecule has 0 saturated heterocycles. The number of carbonyl (C=O) groups is 1. The van der Waals surface area contributed by atoms with Crippen LogP contribution in [-0.2, 0) is 17.8 Å². The summed E-state index contributed by atoms with van der Waals surface area (Å²) in [5, 5.41) is 2.85. The molecule has 1 aromatic carbocycles. The zero-order valence-corrected chi connectivity index (χ0v) is 10.9. The molecule has 0 atom stereocenters. The van der Waals surface area contributed by atoms with Gasteiger partial charge in [0, 0.05) is 30.4 Å². The minimum atomic E-state index is 0.0591. The third-order valence-corrected chi connectivity index (χ3v) is 3.29. The Kier molecular flexibility index (Phi) is 3.35. The normalized spacial score (nSPS) is 13.6. The molecular weight excluding hydrogens is 254 g/mol. The van der Waals surface area contributed by atoms with Gasteiger partial charge in [0.2, 0.25) is 5.91 Å². The average molecular weight is 269 g/mol. The lowest BCUT2D eigenvalue weighted by atomic mass is 10.0. The second-order valence-electron chi connectivity index (χ2n) is 4.66. The number of nitrogens with one attached hydrogen (secondary N) is 1. The van der Waals surface area contributed by atoms with Crippen LogP contribution in [0.4, 0.5) is 5.69 Å². The summed E-state index contributed by atoms with van der Waals surface area (Å²) >= 11 is 0. The fourth-order valence-electron chi connectivity index (χ4n) is 2.22. The molecule has 2 aromatic rings. The Labute approximate surface area is 116 Å². The van der Waals surface area contributed by atoms with Crippen molar-refractivity contribution in [2.45, 2.75) is 19.4 Å². The number of ether oxygens (including phenoxy) is 1. The van der Waals surface area contributed by atoms with Crippen LogP contribution in [0.25, 0.3) is 0 Å². The molecule has 0 saturated carbocycles. The molecule has 3 N–H and O–H groups in total. The summed E-state index contributed by atoms with van der Waals surface area (Å²) in [6.07, 6.45) is 4.59. The SMILES string of the molecule is NCc1ccncc1Oc1ccc2c(c1)CCC(=O)N2. The Morgan fingerprint density at radius 1 is 1.30 bits per heavy atom. The first-order valence-electron chi connectivity index (χ1n) is 6.50. The van der Waals surface area contributed by atoms with E-state index in [0.717, 1.165) is 29.0 Å². The highest BCUT2D eigenvalue weighted by Crippen LogP contribution is 2.30. The zero-order valence-electron chi connectivity index (χ0n) is 10.9. The lowest BCUT2D eigenvalue weighted by Crippen LogP contribution is -2.18. The van der Waals surface area contributed by atoms with Gasteiger partial charge in [-0.05, 0) is 36.2 Å². The van der Waals surface area contributed by atoms with Crippen molar-refractivity contribution in [1.82, 2.24) is 4.98 Å². The Balaban J connectivity index is 1.87. The van der Waals surface area contributed by atoms with Crippen LogP contribution in [0.2, 0.25) is 0 Å². The molecule has 1 aliphatic rings. The predicted molar refractivity (Wildman–Crippen MR) is 75.6 cm³/mol. The van der Waals surface area contributed by atoms with Gasteiger partial charge in [-0.15, -0.1) is 0 Å². The number of pyridine rings is 1. The van der Waals surface area contributed by atoms with Gasteiger partial charge in [-0.2, -0.15) is 0 Å². The summed E-state index contributed by atoms with van der Waals surface area (Å²) in [6, 6.07) is 7.48. The third kappa shape index (κ3) is 2.48. The van der Waals surface area contributed by atoms with Gasteiger partial charge in [-0.3, -0.25) is 9.78 Å². The van der Waals surface area contributed by atoms with Gasteiger partial charge in [0.15, 0.2) is 0 Å². The molecule has 0 aliphatic carbocycles. The van der Waals surface area contributed by atoms with Crippen LogP contribution in [0, 0.1) is 0 Å². The highest BCUT2D eigenvalue weighted by molar-refractivity contribution is 5.94. The molecule has 1 aliphatic heterocycles. The summed E-state index contributed by atoms with van der Waals surface area (Å²) in [6.45, 7) is 0.402. The number of rotatable bonds is 3. The quantitative estimate of drug-likeness (QED) is 0.895. The molecule has 5 nitrogen and oxygen atoms in total. The molecule has 2 heterocycles. The zero-order chi connectivity index (χ0) is 13.9. The average Bonchev–Trinajstić information content (AvgIpc) is 2.48. The van der Waals surface area contributed by atoms with Crippen molar-refractivity contribution >= 4 is 11.6 Å².